The minimum atomic E-state index is 0.590. The molecule has 1 N–H and O–H groups in total. The number of aryl methyl sites for hydroxylation is 1. The molecule has 0 saturated carbocycles. The molecule has 2 rings (SSSR count). The predicted octanol–water partition coefficient (Wildman–Crippen LogP) is 1.80. The van der Waals surface area contributed by atoms with E-state index >= 15 is 0 Å². The summed E-state index contributed by atoms with van der Waals surface area (Å²) < 4.78 is 5.09. The number of hydrogen-bond donors (Lipinski definition) is 1. The van der Waals surface area contributed by atoms with Gasteiger partial charge in [0.25, 0.3) is 0 Å². The van der Waals surface area contributed by atoms with Gasteiger partial charge in [0.15, 0.2) is 0 Å². The summed E-state index contributed by atoms with van der Waals surface area (Å²) >= 11 is 1.91. The van der Waals surface area contributed by atoms with E-state index in [1.165, 1.54) is 9.75 Å². The highest BCUT2D eigenvalue weighted by Crippen LogP contribution is 2.17. The van der Waals surface area contributed by atoms with Gasteiger partial charge < -0.3 is 10.1 Å². The number of thiophene rings is 1. The Morgan fingerprint density at radius 1 is 1.46 bits per heavy atom. The van der Waals surface area contributed by atoms with Crippen LogP contribution in [-0.4, -0.2) is 19.3 Å². The van der Waals surface area contributed by atoms with Crippen molar-refractivity contribution in [3.05, 3.63) is 21.9 Å². The highest BCUT2D eigenvalue weighted by molar-refractivity contribution is 7.11. The van der Waals surface area contributed by atoms with Crippen LogP contribution in [0.1, 0.15) is 16.7 Å². The molecular weight excluding hydrogens is 182 g/mol. The van der Waals surface area contributed by atoms with E-state index in [0.29, 0.717) is 6.04 Å². The number of rotatable bonds is 4. The molecule has 0 unspecified atom stereocenters. The monoisotopic (exact) mass is 197 g/mol. The van der Waals surface area contributed by atoms with Crippen LogP contribution in [0.4, 0.5) is 0 Å². The molecule has 0 amide bonds. The smallest absolute Gasteiger partial charge is 0.0643 e. The molecule has 1 fully saturated rings. The molecule has 13 heavy (non-hydrogen) atoms. The third-order valence-corrected chi connectivity index (χ3v) is 3.50. The van der Waals surface area contributed by atoms with Crippen LogP contribution in [0.2, 0.25) is 0 Å². The summed E-state index contributed by atoms with van der Waals surface area (Å²) in [5.74, 6) is 0. The van der Waals surface area contributed by atoms with E-state index in [1.807, 2.05) is 11.3 Å². The third-order valence-electron chi connectivity index (χ3n) is 2.27. The van der Waals surface area contributed by atoms with Gasteiger partial charge in [-0.25, -0.2) is 0 Å². The molecule has 1 aromatic rings. The molecule has 2 heterocycles. The van der Waals surface area contributed by atoms with Crippen molar-refractivity contribution in [3.63, 3.8) is 0 Å². The Labute approximate surface area is 82.9 Å². The van der Waals surface area contributed by atoms with Crippen LogP contribution in [0.5, 0.6) is 0 Å². The van der Waals surface area contributed by atoms with Crippen molar-refractivity contribution in [2.45, 2.75) is 25.9 Å². The molecule has 0 aliphatic carbocycles. The average Bonchev–Trinajstić information content (AvgIpc) is 2.49. The number of ether oxygens (including phenoxy) is 1. The van der Waals surface area contributed by atoms with E-state index in [-0.39, 0.29) is 0 Å². The lowest BCUT2D eigenvalue weighted by molar-refractivity contribution is -0.00567. The highest BCUT2D eigenvalue weighted by Gasteiger charge is 2.17. The van der Waals surface area contributed by atoms with Gasteiger partial charge in [0.2, 0.25) is 0 Å². The maximum absolute atomic E-state index is 5.09. The van der Waals surface area contributed by atoms with E-state index in [0.717, 1.165) is 26.2 Å². The van der Waals surface area contributed by atoms with Crippen LogP contribution in [0.3, 0.4) is 0 Å². The summed E-state index contributed by atoms with van der Waals surface area (Å²) in [6.45, 7) is 4.96. The third kappa shape index (κ3) is 2.30. The van der Waals surface area contributed by atoms with E-state index in [1.54, 1.807) is 0 Å². The quantitative estimate of drug-likeness (QED) is 0.794. The standard InChI is InChI=1S/C10H15NOS/c1-2-9-3-4-10(13-9)5-11-8-6-12-7-8/h3-4,8,11H,2,5-7H2,1H3. The van der Waals surface area contributed by atoms with Gasteiger partial charge in [0, 0.05) is 16.3 Å². The van der Waals surface area contributed by atoms with Crippen LogP contribution in [0.25, 0.3) is 0 Å². The Kier molecular flexibility index (Phi) is 2.98. The van der Waals surface area contributed by atoms with Crippen LogP contribution < -0.4 is 5.32 Å². The first-order chi connectivity index (χ1) is 6.38. The summed E-state index contributed by atoms with van der Waals surface area (Å²) in [6, 6.07) is 5.03. The molecule has 2 nitrogen and oxygen atoms in total. The first kappa shape index (κ1) is 9.19. The fraction of sp³-hybridized carbons (Fsp3) is 0.600. The van der Waals surface area contributed by atoms with Crippen molar-refractivity contribution < 1.29 is 4.74 Å². The van der Waals surface area contributed by atoms with Gasteiger partial charge in [-0.15, -0.1) is 11.3 Å². The Morgan fingerprint density at radius 3 is 2.77 bits per heavy atom. The fourth-order valence-electron chi connectivity index (χ4n) is 1.31. The van der Waals surface area contributed by atoms with Crippen LogP contribution >= 0.6 is 11.3 Å². The van der Waals surface area contributed by atoms with E-state index < -0.39 is 0 Å². The zero-order valence-corrected chi connectivity index (χ0v) is 8.69. The molecule has 3 heteroatoms. The summed E-state index contributed by atoms with van der Waals surface area (Å²) in [5, 5.41) is 3.46. The van der Waals surface area contributed by atoms with Gasteiger partial charge in [0.05, 0.1) is 19.3 Å². The number of nitrogens with one attached hydrogen (secondary N) is 1. The summed E-state index contributed by atoms with van der Waals surface area (Å²) in [7, 11) is 0. The molecular formula is C10H15NOS. The summed E-state index contributed by atoms with van der Waals surface area (Å²) in [6.07, 6.45) is 1.15. The van der Waals surface area contributed by atoms with Crippen molar-refractivity contribution in [3.8, 4) is 0 Å². The second-order valence-corrected chi connectivity index (χ2v) is 4.59. The lowest BCUT2D eigenvalue weighted by Gasteiger charge is -2.26. The van der Waals surface area contributed by atoms with E-state index in [2.05, 4.69) is 24.4 Å². The van der Waals surface area contributed by atoms with Gasteiger partial charge in [-0.3, -0.25) is 0 Å². The molecule has 72 valence electrons. The SMILES string of the molecule is CCc1ccc(CNC2COC2)s1. The Balaban J connectivity index is 1.79. The normalized spacial score (nSPS) is 17.3. The van der Waals surface area contributed by atoms with Crippen molar-refractivity contribution in [2.24, 2.45) is 0 Å². The minimum Gasteiger partial charge on any atom is -0.378 e. The largest absolute Gasteiger partial charge is 0.378 e. The number of hydrogen-bond acceptors (Lipinski definition) is 3. The van der Waals surface area contributed by atoms with Crippen molar-refractivity contribution in [1.82, 2.24) is 5.32 Å². The summed E-state index contributed by atoms with van der Waals surface area (Å²) in [5.41, 5.74) is 0. The van der Waals surface area contributed by atoms with Gasteiger partial charge in [0.1, 0.15) is 0 Å². The first-order valence-corrected chi connectivity index (χ1v) is 5.59. The maximum atomic E-state index is 5.09. The molecule has 1 aromatic heterocycles. The topological polar surface area (TPSA) is 21.3 Å². The van der Waals surface area contributed by atoms with Gasteiger partial charge in [-0.2, -0.15) is 0 Å². The van der Waals surface area contributed by atoms with Crippen LogP contribution in [0.15, 0.2) is 12.1 Å². The van der Waals surface area contributed by atoms with Crippen molar-refractivity contribution >= 4 is 11.3 Å². The predicted molar refractivity (Wildman–Crippen MR) is 55.1 cm³/mol. The molecule has 0 atom stereocenters. The minimum absolute atomic E-state index is 0.590. The molecule has 0 aromatic carbocycles. The van der Waals surface area contributed by atoms with Crippen molar-refractivity contribution in [1.29, 1.82) is 0 Å². The van der Waals surface area contributed by atoms with Gasteiger partial charge >= 0.3 is 0 Å². The Bertz CT molecular complexity index is 268. The Morgan fingerprint density at radius 2 is 2.23 bits per heavy atom. The van der Waals surface area contributed by atoms with Gasteiger partial charge in [-0.1, -0.05) is 6.92 Å². The molecule has 0 radical (unpaired) electrons. The molecule has 0 bridgehead atoms. The lowest BCUT2D eigenvalue weighted by atomic mass is 10.2. The summed E-state index contributed by atoms with van der Waals surface area (Å²) in [4.78, 5) is 2.91. The lowest BCUT2D eigenvalue weighted by Crippen LogP contribution is -2.45. The maximum Gasteiger partial charge on any atom is 0.0643 e. The first-order valence-electron chi connectivity index (χ1n) is 4.77. The Hall–Kier alpha value is -0.380. The molecule has 0 spiro atoms. The average molecular weight is 197 g/mol. The fourth-order valence-corrected chi connectivity index (χ4v) is 2.21. The molecule has 1 aliphatic rings. The van der Waals surface area contributed by atoms with Crippen molar-refractivity contribution in [2.75, 3.05) is 13.2 Å². The zero-order chi connectivity index (χ0) is 9.10. The van der Waals surface area contributed by atoms with Crippen LogP contribution in [-0.2, 0) is 17.7 Å². The second kappa shape index (κ2) is 4.22. The van der Waals surface area contributed by atoms with E-state index in [4.69, 9.17) is 4.74 Å². The highest BCUT2D eigenvalue weighted by atomic mass is 32.1. The van der Waals surface area contributed by atoms with Gasteiger partial charge in [-0.05, 0) is 18.6 Å². The second-order valence-electron chi connectivity index (χ2n) is 3.34. The zero-order valence-electron chi connectivity index (χ0n) is 7.88. The molecule has 1 saturated heterocycles. The molecule has 1 aliphatic heterocycles. The van der Waals surface area contributed by atoms with Crippen LogP contribution in [0, 0.1) is 0 Å². The van der Waals surface area contributed by atoms with E-state index in [9.17, 15) is 0 Å².